The molecule has 30 heavy (non-hydrogen) atoms. The van der Waals surface area contributed by atoms with Crippen LogP contribution in [0.5, 0.6) is 0 Å². The summed E-state index contributed by atoms with van der Waals surface area (Å²) < 4.78 is 24.6. The smallest absolute Gasteiger partial charge is 0.338 e. The van der Waals surface area contributed by atoms with Gasteiger partial charge in [-0.15, -0.1) is 23.4 Å². The minimum Gasteiger partial charge on any atom is -0.461 e. The molecule has 0 aliphatic heterocycles. The fraction of sp³-hybridized carbons (Fsp3) is 0.409. The van der Waals surface area contributed by atoms with E-state index in [-0.39, 0.29) is 11.3 Å². The Morgan fingerprint density at radius 2 is 1.83 bits per heavy atom. The summed E-state index contributed by atoms with van der Waals surface area (Å²) in [6.07, 6.45) is 4.31. The lowest BCUT2D eigenvalue weighted by molar-refractivity contribution is 0.0530. The van der Waals surface area contributed by atoms with E-state index in [0.717, 1.165) is 40.4 Å². The summed E-state index contributed by atoms with van der Waals surface area (Å²) >= 11 is 8.19. The van der Waals surface area contributed by atoms with Gasteiger partial charge in [-0.3, -0.25) is 0 Å². The topological polar surface area (TPSA) is 63.6 Å². The Morgan fingerprint density at radius 1 is 1.13 bits per heavy atom. The Kier molecular flexibility index (Phi) is 11.9. The lowest BCUT2D eigenvalue weighted by atomic mass is 10.0. The largest absolute Gasteiger partial charge is 0.461 e. The number of esters is 1. The molecular formula is C22H27ClO4S3. The van der Waals surface area contributed by atoms with Crippen LogP contribution in [-0.4, -0.2) is 44.9 Å². The summed E-state index contributed by atoms with van der Waals surface area (Å²) in [5.41, 5.74) is 2.78. The van der Waals surface area contributed by atoms with Crippen LogP contribution in [-0.2, 0) is 22.2 Å². The third-order valence-electron chi connectivity index (χ3n) is 4.37. The molecule has 0 radical (unpaired) electrons. The number of ether oxygens (including phenoxy) is 1. The summed E-state index contributed by atoms with van der Waals surface area (Å²) in [6.45, 7) is 0.427. The van der Waals surface area contributed by atoms with Crippen LogP contribution in [0.15, 0.2) is 53.4 Å². The van der Waals surface area contributed by atoms with Crippen LogP contribution in [0.4, 0.5) is 0 Å². The van der Waals surface area contributed by atoms with Crippen molar-refractivity contribution in [3.63, 3.8) is 0 Å². The molecule has 8 heteroatoms. The van der Waals surface area contributed by atoms with Gasteiger partial charge in [-0.1, -0.05) is 24.3 Å². The molecule has 0 heterocycles. The van der Waals surface area contributed by atoms with Gasteiger partial charge in [-0.25, -0.2) is 9.00 Å². The van der Waals surface area contributed by atoms with Gasteiger partial charge in [0, 0.05) is 10.6 Å². The van der Waals surface area contributed by atoms with Crippen LogP contribution in [0.2, 0.25) is 0 Å². The summed E-state index contributed by atoms with van der Waals surface area (Å²) in [5.74, 6) is 1.65. The zero-order chi connectivity index (χ0) is 21.8. The van der Waals surface area contributed by atoms with E-state index >= 15 is 0 Å². The highest BCUT2D eigenvalue weighted by molar-refractivity contribution is 7.99. The van der Waals surface area contributed by atoms with Crippen molar-refractivity contribution in [3.8, 4) is 0 Å². The average Bonchev–Trinajstić information content (AvgIpc) is 2.76. The number of hydrogen-bond donors (Lipinski definition) is 1. The SMILES string of the molecule is CSCCOC(=O)c1ccc(CCC(Cl)c2ccc(SCCCS(=O)O)cc2)cc1. The van der Waals surface area contributed by atoms with E-state index in [0.29, 0.717) is 24.3 Å². The fourth-order valence-corrected chi connectivity index (χ4v) is 4.65. The maximum absolute atomic E-state index is 11.9. The van der Waals surface area contributed by atoms with Crippen LogP contribution in [0, 0.1) is 0 Å². The summed E-state index contributed by atoms with van der Waals surface area (Å²) in [7, 11) is 0. The van der Waals surface area contributed by atoms with Gasteiger partial charge in [0.1, 0.15) is 6.61 Å². The zero-order valence-corrected chi connectivity index (χ0v) is 20.1. The normalized spacial score (nSPS) is 13.0. The Morgan fingerprint density at radius 3 is 2.47 bits per heavy atom. The molecule has 0 aromatic heterocycles. The third-order valence-corrected chi connectivity index (χ3v) is 7.15. The van der Waals surface area contributed by atoms with Gasteiger partial charge in [-0.05, 0) is 66.7 Å². The maximum atomic E-state index is 11.9. The molecule has 0 saturated heterocycles. The molecule has 2 unspecified atom stereocenters. The van der Waals surface area contributed by atoms with E-state index in [4.69, 9.17) is 20.9 Å². The number of carbonyl (C=O) groups excluding carboxylic acids is 1. The van der Waals surface area contributed by atoms with Gasteiger partial charge in [0.15, 0.2) is 11.1 Å². The number of hydrogen-bond acceptors (Lipinski definition) is 5. The Bertz CT molecular complexity index is 797. The van der Waals surface area contributed by atoms with E-state index < -0.39 is 11.1 Å². The minimum atomic E-state index is -1.71. The highest BCUT2D eigenvalue weighted by Crippen LogP contribution is 2.28. The van der Waals surface area contributed by atoms with Crippen LogP contribution in [0.25, 0.3) is 0 Å². The van der Waals surface area contributed by atoms with Crippen molar-refractivity contribution in [3.05, 3.63) is 65.2 Å². The Hall–Kier alpha value is -0.990. The van der Waals surface area contributed by atoms with Gasteiger partial charge in [0.05, 0.1) is 16.7 Å². The first-order chi connectivity index (χ1) is 14.5. The van der Waals surface area contributed by atoms with Crippen molar-refractivity contribution in [1.29, 1.82) is 0 Å². The number of carbonyl (C=O) groups is 1. The first-order valence-electron chi connectivity index (χ1n) is 9.69. The Balaban J connectivity index is 1.77. The number of alkyl halides is 1. The van der Waals surface area contributed by atoms with Crippen LogP contribution in [0.3, 0.4) is 0 Å². The van der Waals surface area contributed by atoms with Gasteiger partial charge in [0.2, 0.25) is 0 Å². The molecule has 0 saturated carbocycles. The van der Waals surface area contributed by atoms with Crippen molar-refractivity contribution < 1.29 is 18.3 Å². The van der Waals surface area contributed by atoms with E-state index in [1.165, 1.54) is 0 Å². The number of halogens is 1. The molecule has 1 N–H and O–H groups in total. The van der Waals surface area contributed by atoms with E-state index in [9.17, 15) is 9.00 Å². The molecule has 2 rings (SSSR count). The highest BCUT2D eigenvalue weighted by atomic mass is 35.5. The van der Waals surface area contributed by atoms with Crippen LogP contribution >= 0.6 is 35.1 Å². The molecule has 2 atom stereocenters. The third kappa shape index (κ3) is 9.43. The van der Waals surface area contributed by atoms with E-state index in [1.54, 1.807) is 35.7 Å². The van der Waals surface area contributed by atoms with E-state index in [1.807, 2.05) is 42.7 Å². The lowest BCUT2D eigenvalue weighted by Gasteiger charge is -2.11. The van der Waals surface area contributed by atoms with Crippen molar-refractivity contribution in [1.82, 2.24) is 0 Å². The van der Waals surface area contributed by atoms with Gasteiger partial charge >= 0.3 is 5.97 Å². The van der Waals surface area contributed by atoms with Crippen molar-refractivity contribution >= 4 is 52.2 Å². The van der Waals surface area contributed by atoms with Crippen LogP contribution < -0.4 is 0 Å². The highest BCUT2D eigenvalue weighted by Gasteiger charge is 2.10. The van der Waals surface area contributed by atoms with E-state index in [2.05, 4.69) is 0 Å². The fourth-order valence-electron chi connectivity index (χ4n) is 2.71. The molecule has 164 valence electrons. The van der Waals surface area contributed by atoms with Crippen molar-refractivity contribution in [2.45, 2.75) is 29.5 Å². The number of aryl methyl sites for hydroxylation is 1. The molecule has 4 nitrogen and oxygen atoms in total. The summed E-state index contributed by atoms with van der Waals surface area (Å²) in [5, 5.41) is -0.0861. The average molecular weight is 487 g/mol. The molecule has 0 amide bonds. The molecule has 0 aliphatic carbocycles. The molecule has 0 spiro atoms. The first kappa shape index (κ1) is 25.3. The quantitative estimate of drug-likeness (QED) is 0.126. The van der Waals surface area contributed by atoms with Gasteiger partial charge in [0.25, 0.3) is 0 Å². The monoisotopic (exact) mass is 486 g/mol. The molecule has 0 fully saturated rings. The standard InChI is InChI=1S/C22H27ClO4S3/c1-28-15-13-27-22(24)19-6-3-17(4-7-19)5-12-21(23)18-8-10-20(11-9-18)29-14-2-16-30(25)26/h3-4,6-11,21H,2,5,12-16H2,1H3,(H,25,26). The predicted octanol–water partition coefficient (Wildman–Crippen LogP) is 5.82. The number of benzene rings is 2. The molecule has 0 bridgehead atoms. The first-order valence-corrected chi connectivity index (χ1v) is 13.8. The second kappa shape index (κ2) is 14.1. The van der Waals surface area contributed by atoms with Crippen LogP contribution in [0.1, 0.15) is 39.7 Å². The summed E-state index contributed by atoms with van der Waals surface area (Å²) in [6, 6.07) is 15.7. The zero-order valence-electron chi connectivity index (χ0n) is 16.9. The minimum absolute atomic E-state index is 0.0861. The van der Waals surface area contributed by atoms with Crippen molar-refractivity contribution in [2.24, 2.45) is 0 Å². The predicted molar refractivity (Wildman–Crippen MR) is 129 cm³/mol. The second-order valence-electron chi connectivity index (χ2n) is 6.63. The molecule has 0 aliphatic rings. The van der Waals surface area contributed by atoms with Gasteiger partial charge in [-0.2, -0.15) is 11.8 Å². The molecule has 2 aromatic rings. The molecule has 2 aromatic carbocycles. The Labute approximate surface area is 194 Å². The van der Waals surface area contributed by atoms with Crippen molar-refractivity contribution in [2.75, 3.05) is 30.1 Å². The number of thioether (sulfide) groups is 2. The lowest BCUT2D eigenvalue weighted by Crippen LogP contribution is -2.07. The van der Waals surface area contributed by atoms with Gasteiger partial charge < -0.3 is 9.29 Å². The molecular weight excluding hydrogens is 460 g/mol. The number of rotatable bonds is 13. The maximum Gasteiger partial charge on any atom is 0.338 e. The summed E-state index contributed by atoms with van der Waals surface area (Å²) in [4.78, 5) is 13.1. The second-order valence-corrected chi connectivity index (χ2v) is 10.4.